The molecule has 0 aliphatic carbocycles. The summed E-state index contributed by atoms with van der Waals surface area (Å²) >= 11 is 1.66. The van der Waals surface area contributed by atoms with Crippen LogP contribution >= 0.6 is 11.3 Å². The minimum atomic E-state index is -1.01. The first kappa shape index (κ1) is 19.8. The summed E-state index contributed by atoms with van der Waals surface area (Å²) < 4.78 is 7.48. The number of H-pyrrole nitrogens is 1. The van der Waals surface area contributed by atoms with Crippen molar-refractivity contribution in [1.29, 1.82) is 0 Å². The van der Waals surface area contributed by atoms with Gasteiger partial charge in [-0.15, -0.1) is 11.3 Å². The number of carbonyl (C=O) groups is 2. The summed E-state index contributed by atoms with van der Waals surface area (Å²) in [6.45, 7) is 6.02. The molecule has 4 aromatic rings. The number of imidazole rings is 1. The molecule has 2 N–H and O–H groups in total. The molecule has 1 unspecified atom stereocenters. The average Bonchev–Trinajstić information content (AvgIpc) is 3.45. The number of aryl methyl sites for hydroxylation is 1. The summed E-state index contributed by atoms with van der Waals surface area (Å²) in [5, 5.41) is 4.67. The molecule has 4 rings (SSSR count). The van der Waals surface area contributed by atoms with Gasteiger partial charge >= 0.3 is 5.97 Å². The maximum Gasteiger partial charge on any atom is 0.340 e. The van der Waals surface area contributed by atoms with Crippen LogP contribution in [0.1, 0.15) is 33.5 Å². The van der Waals surface area contributed by atoms with Gasteiger partial charge in [0.15, 0.2) is 17.6 Å². The van der Waals surface area contributed by atoms with E-state index in [9.17, 15) is 9.59 Å². The highest BCUT2D eigenvalue weighted by Crippen LogP contribution is 2.21. The standard InChI is InChI=1S/C20H20N6O3S/c1-11-7-15(12(2)26(11)8-14-5-4-6-30-14)20(28)29-13(3)19(27)25-18-16-17(22-9-21-16)23-10-24-18/h4-7,9-10,13H,8H2,1-3H3,(H2,21,22,23,24,25,27). The van der Waals surface area contributed by atoms with Crippen molar-refractivity contribution in [3.63, 3.8) is 0 Å². The molecule has 4 aromatic heterocycles. The second-order valence-electron chi connectivity index (χ2n) is 6.81. The summed E-state index contributed by atoms with van der Waals surface area (Å²) in [5.74, 6) is -0.762. The van der Waals surface area contributed by atoms with Gasteiger partial charge < -0.3 is 19.6 Å². The van der Waals surface area contributed by atoms with Gasteiger partial charge in [0.05, 0.1) is 18.4 Å². The van der Waals surface area contributed by atoms with Crippen LogP contribution in [-0.2, 0) is 16.1 Å². The molecule has 0 saturated carbocycles. The number of aromatic amines is 1. The van der Waals surface area contributed by atoms with E-state index >= 15 is 0 Å². The van der Waals surface area contributed by atoms with Crippen molar-refractivity contribution in [1.82, 2.24) is 24.5 Å². The fraction of sp³-hybridized carbons (Fsp3) is 0.250. The van der Waals surface area contributed by atoms with Crippen LogP contribution in [0.2, 0.25) is 0 Å². The second kappa shape index (κ2) is 8.07. The molecule has 0 fully saturated rings. The number of rotatable bonds is 6. The third kappa shape index (κ3) is 3.81. The van der Waals surface area contributed by atoms with Crippen LogP contribution in [0, 0.1) is 13.8 Å². The Balaban J connectivity index is 1.45. The highest BCUT2D eigenvalue weighted by Gasteiger charge is 2.23. The van der Waals surface area contributed by atoms with E-state index in [-0.39, 0.29) is 5.82 Å². The van der Waals surface area contributed by atoms with Gasteiger partial charge in [-0.25, -0.2) is 19.7 Å². The van der Waals surface area contributed by atoms with Crippen LogP contribution in [0.4, 0.5) is 5.82 Å². The van der Waals surface area contributed by atoms with E-state index in [1.807, 2.05) is 25.3 Å². The van der Waals surface area contributed by atoms with Gasteiger partial charge in [-0.3, -0.25) is 4.79 Å². The van der Waals surface area contributed by atoms with E-state index in [0.29, 0.717) is 23.3 Å². The summed E-state index contributed by atoms with van der Waals surface area (Å²) in [5.41, 5.74) is 3.13. The molecule has 0 aliphatic heterocycles. The molecular weight excluding hydrogens is 404 g/mol. The van der Waals surface area contributed by atoms with Crippen molar-refractivity contribution < 1.29 is 14.3 Å². The topological polar surface area (TPSA) is 115 Å². The highest BCUT2D eigenvalue weighted by molar-refractivity contribution is 7.09. The van der Waals surface area contributed by atoms with Crippen molar-refractivity contribution >= 4 is 40.2 Å². The monoisotopic (exact) mass is 424 g/mol. The molecule has 0 bridgehead atoms. The van der Waals surface area contributed by atoms with E-state index < -0.39 is 18.0 Å². The Hall–Kier alpha value is -3.53. The average molecular weight is 424 g/mol. The van der Waals surface area contributed by atoms with Crippen LogP contribution in [-0.4, -0.2) is 42.5 Å². The molecular formula is C20H20N6O3S. The van der Waals surface area contributed by atoms with Crippen LogP contribution in [0.3, 0.4) is 0 Å². The lowest BCUT2D eigenvalue weighted by Crippen LogP contribution is -2.30. The Morgan fingerprint density at radius 2 is 2.13 bits per heavy atom. The minimum absolute atomic E-state index is 0.277. The first-order valence-corrected chi connectivity index (χ1v) is 10.2. The molecule has 30 heavy (non-hydrogen) atoms. The summed E-state index contributed by atoms with van der Waals surface area (Å²) in [4.78, 5) is 41.4. The number of anilines is 1. The number of hydrogen-bond acceptors (Lipinski definition) is 7. The van der Waals surface area contributed by atoms with Crippen LogP contribution in [0.5, 0.6) is 0 Å². The van der Waals surface area contributed by atoms with Crippen molar-refractivity contribution in [2.45, 2.75) is 33.4 Å². The number of esters is 1. The molecule has 4 heterocycles. The van der Waals surface area contributed by atoms with E-state index in [4.69, 9.17) is 4.74 Å². The summed E-state index contributed by atoms with van der Waals surface area (Å²) in [6, 6.07) is 5.84. The Morgan fingerprint density at radius 3 is 2.90 bits per heavy atom. The van der Waals surface area contributed by atoms with E-state index in [2.05, 4.69) is 35.9 Å². The molecule has 9 nitrogen and oxygen atoms in total. The van der Waals surface area contributed by atoms with Gasteiger partial charge in [-0.05, 0) is 38.3 Å². The number of fused-ring (bicyclic) bond motifs is 1. The molecule has 0 aromatic carbocycles. The largest absolute Gasteiger partial charge is 0.449 e. The Labute approximate surface area is 176 Å². The lowest BCUT2D eigenvalue weighted by Gasteiger charge is -2.13. The SMILES string of the molecule is Cc1cc(C(=O)OC(C)C(=O)Nc2ncnc3nc[nH]c23)c(C)n1Cc1cccs1. The van der Waals surface area contributed by atoms with Crippen LogP contribution in [0.25, 0.3) is 11.2 Å². The van der Waals surface area contributed by atoms with Crippen molar-refractivity contribution in [2.24, 2.45) is 0 Å². The molecule has 0 saturated heterocycles. The first-order valence-electron chi connectivity index (χ1n) is 9.29. The normalized spacial score (nSPS) is 12.1. The Bertz CT molecular complexity index is 1210. The molecule has 0 aliphatic rings. The Kier molecular flexibility index (Phi) is 5.32. The zero-order valence-electron chi connectivity index (χ0n) is 16.7. The number of carbonyl (C=O) groups excluding carboxylic acids is 2. The third-order valence-electron chi connectivity index (χ3n) is 4.81. The number of amides is 1. The predicted octanol–water partition coefficient (Wildman–Crippen LogP) is 3.07. The molecule has 0 spiro atoms. The van der Waals surface area contributed by atoms with Gasteiger partial charge in [0.25, 0.3) is 5.91 Å². The summed E-state index contributed by atoms with van der Waals surface area (Å²) in [6.07, 6.45) is 1.76. The van der Waals surface area contributed by atoms with Crippen molar-refractivity contribution in [3.8, 4) is 0 Å². The minimum Gasteiger partial charge on any atom is -0.449 e. The summed E-state index contributed by atoms with van der Waals surface area (Å²) in [7, 11) is 0. The van der Waals surface area contributed by atoms with E-state index in [1.165, 1.54) is 24.5 Å². The molecule has 1 amide bonds. The molecule has 1 atom stereocenters. The van der Waals surface area contributed by atoms with E-state index in [0.717, 1.165) is 11.4 Å². The lowest BCUT2D eigenvalue weighted by molar-refractivity contribution is -0.123. The van der Waals surface area contributed by atoms with Gasteiger partial charge in [0.2, 0.25) is 0 Å². The highest BCUT2D eigenvalue weighted by atomic mass is 32.1. The quantitative estimate of drug-likeness (QED) is 0.460. The lowest BCUT2D eigenvalue weighted by atomic mass is 10.2. The van der Waals surface area contributed by atoms with Crippen LogP contribution in [0.15, 0.2) is 36.2 Å². The Morgan fingerprint density at radius 1 is 1.30 bits per heavy atom. The van der Waals surface area contributed by atoms with Gasteiger partial charge in [-0.2, -0.15) is 0 Å². The van der Waals surface area contributed by atoms with Gasteiger partial charge in [0.1, 0.15) is 11.8 Å². The number of aromatic nitrogens is 5. The van der Waals surface area contributed by atoms with Gasteiger partial charge in [-0.1, -0.05) is 6.07 Å². The molecule has 0 radical (unpaired) electrons. The number of nitrogens with zero attached hydrogens (tertiary/aromatic N) is 4. The zero-order chi connectivity index (χ0) is 21.3. The third-order valence-corrected chi connectivity index (χ3v) is 5.67. The number of hydrogen-bond donors (Lipinski definition) is 2. The maximum atomic E-state index is 12.7. The van der Waals surface area contributed by atoms with Gasteiger partial charge in [0, 0.05) is 16.3 Å². The number of thiophene rings is 1. The predicted molar refractivity (Wildman–Crippen MR) is 113 cm³/mol. The van der Waals surface area contributed by atoms with Crippen molar-refractivity contribution in [3.05, 3.63) is 58.1 Å². The maximum absolute atomic E-state index is 12.7. The first-order chi connectivity index (χ1) is 14.4. The fourth-order valence-electron chi connectivity index (χ4n) is 3.17. The smallest absolute Gasteiger partial charge is 0.340 e. The number of nitrogens with one attached hydrogen (secondary N) is 2. The van der Waals surface area contributed by atoms with E-state index in [1.54, 1.807) is 17.4 Å². The molecule has 154 valence electrons. The second-order valence-corrected chi connectivity index (χ2v) is 7.84. The fourth-order valence-corrected chi connectivity index (χ4v) is 3.86. The molecule has 10 heteroatoms. The zero-order valence-corrected chi connectivity index (χ0v) is 17.5. The van der Waals surface area contributed by atoms with Crippen molar-refractivity contribution in [2.75, 3.05) is 5.32 Å². The number of ether oxygens (including phenoxy) is 1. The van der Waals surface area contributed by atoms with Crippen LogP contribution < -0.4 is 5.32 Å².